The molecule has 0 aromatic heterocycles. The van der Waals surface area contributed by atoms with Gasteiger partial charge in [-0.1, -0.05) is 49.4 Å². The third kappa shape index (κ3) is 6.39. The Kier molecular flexibility index (Phi) is 6.71. The van der Waals surface area contributed by atoms with Crippen molar-refractivity contribution in [1.29, 1.82) is 0 Å². The minimum atomic E-state index is -3.20. The molecule has 2 aromatic rings. The van der Waals surface area contributed by atoms with Crippen molar-refractivity contribution >= 4 is 18.0 Å². The van der Waals surface area contributed by atoms with Crippen molar-refractivity contribution in [3.63, 3.8) is 0 Å². The molecule has 3 nitrogen and oxygen atoms in total. The van der Waals surface area contributed by atoms with Crippen LogP contribution in [0, 0.1) is 12.8 Å². The second kappa shape index (κ2) is 8.54. The zero-order valence-electron chi connectivity index (χ0n) is 13.4. The van der Waals surface area contributed by atoms with Gasteiger partial charge in [0.2, 0.25) is 0 Å². The Morgan fingerprint density at radius 2 is 1.74 bits per heavy atom. The maximum Gasteiger partial charge on any atom is 0.336 e. The summed E-state index contributed by atoms with van der Waals surface area (Å²) in [4.78, 5) is 0. The molecule has 0 amide bonds. The number of hydrogen-bond acceptors (Lipinski definition) is 3. The van der Waals surface area contributed by atoms with Crippen LogP contribution >= 0.6 is 18.0 Å². The van der Waals surface area contributed by atoms with E-state index in [1.54, 1.807) is 12.1 Å². The quantitative estimate of drug-likeness (QED) is 0.575. The van der Waals surface area contributed by atoms with Gasteiger partial charge >= 0.3 is 6.72 Å². The largest absolute Gasteiger partial charge is 0.433 e. The fraction of sp³-hybridized carbons (Fsp3) is 0.333. The number of aryl methyl sites for hydroxylation is 1. The van der Waals surface area contributed by atoms with Crippen molar-refractivity contribution in [2.75, 3.05) is 12.8 Å². The van der Waals surface area contributed by atoms with E-state index in [1.165, 1.54) is 5.56 Å². The van der Waals surface area contributed by atoms with E-state index in [2.05, 4.69) is 13.0 Å². The Hall–Kier alpha value is -1.28. The van der Waals surface area contributed by atoms with Crippen molar-refractivity contribution in [3.8, 4) is 5.75 Å². The summed E-state index contributed by atoms with van der Waals surface area (Å²) >= 11 is 6.06. The molecule has 0 heterocycles. The number of hydrogen-bond donors (Lipinski definition) is 0. The van der Waals surface area contributed by atoms with Gasteiger partial charge in [-0.2, -0.15) is 0 Å². The second-order valence-corrected chi connectivity index (χ2v) is 9.00. The van der Waals surface area contributed by atoms with Gasteiger partial charge in [-0.05, 0) is 47.3 Å². The lowest BCUT2D eigenvalue weighted by molar-refractivity contribution is 0.0971. The highest BCUT2D eigenvalue weighted by Gasteiger charge is 2.24. The number of benzene rings is 2. The van der Waals surface area contributed by atoms with Gasteiger partial charge in [0.25, 0.3) is 0 Å². The molecule has 5 heteroatoms. The lowest BCUT2D eigenvalue weighted by atomic mass is 10.1. The van der Waals surface area contributed by atoms with E-state index in [-0.39, 0.29) is 12.1 Å². The average molecular weight is 353 g/mol. The molecule has 0 spiro atoms. The first-order chi connectivity index (χ1) is 11.0. The van der Waals surface area contributed by atoms with Gasteiger partial charge in [0.05, 0.1) is 19.4 Å². The Morgan fingerprint density at radius 1 is 1.09 bits per heavy atom. The lowest BCUT2D eigenvalue weighted by Gasteiger charge is -2.17. The van der Waals surface area contributed by atoms with Gasteiger partial charge < -0.3 is 9.26 Å². The van der Waals surface area contributed by atoms with Crippen LogP contribution in [0.5, 0.6) is 5.75 Å². The molecule has 0 saturated heterocycles. The number of halogens is 1. The molecule has 124 valence electrons. The standard InChI is InChI=1S/C18H22ClO3P/c1-15(12-21-13-17-9-7-6-8-16(17)2)14-23(19,20)22-18-10-4-3-5-11-18/h3-11,15H,12-14H2,1-2H3/t15-,23?/m1/s1. The van der Waals surface area contributed by atoms with Crippen LogP contribution in [0.25, 0.3) is 0 Å². The first-order valence-electron chi connectivity index (χ1n) is 7.62. The molecule has 0 N–H and O–H groups in total. The lowest BCUT2D eigenvalue weighted by Crippen LogP contribution is -2.11. The summed E-state index contributed by atoms with van der Waals surface area (Å²) in [6.45, 7) is 1.85. The molecule has 2 atom stereocenters. The van der Waals surface area contributed by atoms with Crippen LogP contribution in [-0.4, -0.2) is 12.8 Å². The fourth-order valence-electron chi connectivity index (χ4n) is 2.24. The summed E-state index contributed by atoms with van der Waals surface area (Å²) in [5, 5.41) is 0. The average Bonchev–Trinajstić information content (AvgIpc) is 2.49. The van der Waals surface area contributed by atoms with E-state index in [4.69, 9.17) is 20.5 Å². The molecule has 0 bridgehead atoms. The van der Waals surface area contributed by atoms with E-state index < -0.39 is 6.72 Å². The topological polar surface area (TPSA) is 35.5 Å². The summed E-state index contributed by atoms with van der Waals surface area (Å²) in [5.74, 6) is 0.574. The van der Waals surface area contributed by atoms with Crippen molar-refractivity contribution in [2.45, 2.75) is 20.5 Å². The van der Waals surface area contributed by atoms with Gasteiger partial charge in [0.1, 0.15) is 5.75 Å². The molecule has 0 aliphatic carbocycles. The number of para-hydroxylation sites is 1. The normalized spacial score (nSPS) is 14.9. The Morgan fingerprint density at radius 3 is 2.43 bits per heavy atom. The molecular weight excluding hydrogens is 331 g/mol. The molecular formula is C18H22ClO3P. The SMILES string of the molecule is Cc1ccccc1COC[C@@H](C)CP(=O)(Cl)Oc1ccccc1. The molecule has 23 heavy (non-hydrogen) atoms. The van der Waals surface area contributed by atoms with Gasteiger partial charge in [0.15, 0.2) is 0 Å². The molecule has 0 radical (unpaired) electrons. The Labute approximate surface area is 142 Å². The molecule has 0 saturated carbocycles. The maximum absolute atomic E-state index is 12.4. The molecule has 1 unspecified atom stereocenters. The van der Waals surface area contributed by atoms with Crippen LogP contribution in [0.2, 0.25) is 0 Å². The summed E-state index contributed by atoms with van der Waals surface area (Å²) < 4.78 is 23.5. The van der Waals surface area contributed by atoms with Gasteiger partial charge in [-0.3, -0.25) is 4.57 Å². The van der Waals surface area contributed by atoms with Crippen LogP contribution in [0.15, 0.2) is 54.6 Å². The second-order valence-electron chi connectivity index (χ2n) is 5.72. The number of ether oxygens (including phenoxy) is 1. The van der Waals surface area contributed by atoms with Crippen molar-refractivity contribution in [2.24, 2.45) is 5.92 Å². The number of rotatable bonds is 8. The third-order valence-electron chi connectivity index (χ3n) is 3.44. The maximum atomic E-state index is 12.4. The molecule has 2 rings (SSSR count). The predicted molar refractivity (Wildman–Crippen MR) is 95.4 cm³/mol. The van der Waals surface area contributed by atoms with Crippen LogP contribution in [0.4, 0.5) is 0 Å². The minimum absolute atomic E-state index is 0.0473. The Balaban J connectivity index is 1.78. The van der Waals surface area contributed by atoms with E-state index in [0.29, 0.717) is 19.0 Å². The highest BCUT2D eigenvalue weighted by atomic mass is 35.7. The highest BCUT2D eigenvalue weighted by Crippen LogP contribution is 2.53. The first kappa shape index (κ1) is 18.1. The smallest absolute Gasteiger partial charge is 0.336 e. The van der Waals surface area contributed by atoms with E-state index in [1.807, 2.05) is 43.3 Å². The monoisotopic (exact) mass is 352 g/mol. The van der Waals surface area contributed by atoms with E-state index in [0.717, 1.165) is 5.56 Å². The van der Waals surface area contributed by atoms with Crippen molar-refractivity contribution in [1.82, 2.24) is 0 Å². The van der Waals surface area contributed by atoms with E-state index >= 15 is 0 Å². The first-order valence-corrected chi connectivity index (χ1v) is 10.3. The van der Waals surface area contributed by atoms with Crippen LogP contribution in [0.3, 0.4) is 0 Å². The predicted octanol–water partition coefficient (Wildman–Crippen LogP) is 5.66. The summed E-state index contributed by atoms with van der Waals surface area (Å²) in [7, 11) is 0. The molecule has 0 aliphatic rings. The summed E-state index contributed by atoms with van der Waals surface area (Å²) in [6.07, 6.45) is 0.275. The van der Waals surface area contributed by atoms with E-state index in [9.17, 15) is 4.57 Å². The third-order valence-corrected chi connectivity index (χ3v) is 5.60. The van der Waals surface area contributed by atoms with Crippen molar-refractivity contribution in [3.05, 3.63) is 65.7 Å². The fourth-order valence-corrected chi connectivity index (χ4v) is 4.55. The van der Waals surface area contributed by atoms with Gasteiger partial charge in [0, 0.05) is 0 Å². The minimum Gasteiger partial charge on any atom is -0.433 e. The zero-order chi connectivity index (χ0) is 16.7. The summed E-state index contributed by atoms with van der Waals surface area (Å²) in [5.41, 5.74) is 2.37. The summed E-state index contributed by atoms with van der Waals surface area (Å²) in [6, 6.07) is 17.1. The molecule has 0 fully saturated rings. The zero-order valence-corrected chi connectivity index (χ0v) is 15.1. The van der Waals surface area contributed by atoms with Crippen LogP contribution in [-0.2, 0) is 15.9 Å². The van der Waals surface area contributed by atoms with Gasteiger partial charge in [-0.15, -0.1) is 0 Å². The van der Waals surface area contributed by atoms with Crippen LogP contribution < -0.4 is 4.52 Å². The van der Waals surface area contributed by atoms with Gasteiger partial charge in [-0.25, -0.2) is 0 Å². The Bertz CT molecular complexity index is 660. The molecule has 2 aromatic carbocycles. The molecule has 0 aliphatic heterocycles. The van der Waals surface area contributed by atoms with Crippen LogP contribution in [0.1, 0.15) is 18.1 Å². The van der Waals surface area contributed by atoms with Crippen molar-refractivity contribution < 1.29 is 13.8 Å². The highest BCUT2D eigenvalue weighted by molar-refractivity contribution is 7.85.